The van der Waals surface area contributed by atoms with Gasteiger partial charge in [0, 0.05) is 42.7 Å². The Morgan fingerprint density at radius 3 is 2.60 bits per heavy atom. The first kappa shape index (κ1) is 21.8. The van der Waals surface area contributed by atoms with Gasteiger partial charge in [0.1, 0.15) is 0 Å². The number of carbonyl (C=O) groups excluding carboxylic acids is 1. The molecular formula is C28H28N2O5. The average molecular weight is 473 g/mol. The molecule has 0 fully saturated rings. The summed E-state index contributed by atoms with van der Waals surface area (Å²) in [6.45, 7) is 2.39. The second-order valence-corrected chi connectivity index (χ2v) is 9.12. The van der Waals surface area contributed by atoms with Crippen molar-refractivity contribution in [2.75, 3.05) is 34.1 Å². The maximum atomic E-state index is 13.0. The number of carbonyl (C=O) groups is 1. The van der Waals surface area contributed by atoms with Crippen molar-refractivity contribution < 1.29 is 23.7 Å². The Kier molecular flexibility index (Phi) is 5.49. The van der Waals surface area contributed by atoms with Crippen molar-refractivity contribution in [1.29, 1.82) is 0 Å². The predicted molar refractivity (Wildman–Crippen MR) is 130 cm³/mol. The second kappa shape index (κ2) is 8.82. The van der Waals surface area contributed by atoms with Crippen LogP contribution in [0.3, 0.4) is 0 Å². The van der Waals surface area contributed by atoms with Crippen LogP contribution in [0.25, 0.3) is 0 Å². The number of rotatable bonds is 5. The molecule has 3 aromatic rings. The lowest BCUT2D eigenvalue weighted by Gasteiger charge is -2.46. The van der Waals surface area contributed by atoms with E-state index in [0.29, 0.717) is 12.1 Å². The van der Waals surface area contributed by atoms with Gasteiger partial charge in [-0.3, -0.25) is 9.69 Å². The molecule has 3 aliphatic rings. The van der Waals surface area contributed by atoms with Gasteiger partial charge in [0.25, 0.3) is 5.91 Å². The summed E-state index contributed by atoms with van der Waals surface area (Å²) in [7, 11) is 3.34. The van der Waals surface area contributed by atoms with Gasteiger partial charge in [0.05, 0.1) is 14.2 Å². The van der Waals surface area contributed by atoms with E-state index >= 15 is 0 Å². The normalized spacial score (nSPS) is 19.8. The highest BCUT2D eigenvalue weighted by Crippen LogP contribution is 2.51. The van der Waals surface area contributed by atoms with Gasteiger partial charge >= 0.3 is 0 Å². The van der Waals surface area contributed by atoms with Gasteiger partial charge in [-0.05, 0) is 53.4 Å². The van der Waals surface area contributed by atoms with Crippen LogP contribution >= 0.6 is 0 Å². The van der Waals surface area contributed by atoms with Crippen LogP contribution in [0.1, 0.15) is 44.6 Å². The lowest BCUT2D eigenvalue weighted by Crippen LogP contribution is -2.45. The Hall–Kier alpha value is -3.71. The molecule has 1 amide bonds. The lowest BCUT2D eigenvalue weighted by atomic mass is 9.76. The van der Waals surface area contributed by atoms with Crippen molar-refractivity contribution in [3.05, 3.63) is 82.4 Å². The molecule has 6 rings (SSSR count). The first-order valence-electron chi connectivity index (χ1n) is 11.9. The minimum atomic E-state index is -0.0773. The standard InChI is InChI=1S/C28H28N2O5/c1-32-23-9-8-19-21(14-29-28(31)17-6-4-3-5-7-17)26-20-13-25-24(34-16-35-25)12-18(20)10-11-30(26)15-22(19)27(23)33-2/h3-9,12-13,21,26H,10-11,14-16H2,1-2H3,(H,29,31). The molecule has 3 heterocycles. The number of fused-ring (bicyclic) bond motifs is 5. The van der Waals surface area contributed by atoms with Crippen LogP contribution in [0, 0.1) is 0 Å². The molecule has 7 nitrogen and oxygen atoms in total. The van der Waals surface area contributed by atoms with Crippen molar-refractivity contribution in [1.82, 2.24) is 10.2 Å². The summed E-state index contributed by atoms with van der Waals surface area (Å²) < 4.78 is 22.8. The molecule has 0 saturated carbocycles. The summed E-state index contributed by atoms with van der Waals surface area (Å²) in [5.74, 6) is 3.03. The highest BCUT2D eigenvalue weighted by molar-refractivity contribution is 5.94. The third-order valence-electron chi connectivity index (χ3n) is 7.36. The minimum absolute atomic E-state index is 0.0191. The molecule has 0 aromatic heterocycles. The highest BCUT2D eigenvalue weighted by Gasteiger charge is 2.42. The molecule has 0 spiro atoms. The monoisotopic (exact) mass is 472 g/mol. The predicted octanol–water partition coefficient (Wildman–Crippen LogP) is 4.06. The summed E-state index contributed by atoms with van der Waals surface area (Å²) in [4.78, 5) is 15.5. The largest absolute Gasteiger partial charge is 0.493 e. The Labute approximate surface area is 204 Å². The average Bonchev–Trinajstić information content (AvgIpc) is 3.36. The number of methoxy groups -OCH3 is 2. The number of ether oxygens (including phenoxy) is 4. The van der Waals surface area contributed by atoms with Crippen molar-refractivity contribution in [2.24, 2.45) is 0 Å². The van der Waals surface area contributed by atoms with Gasteiger partial charge < -0.3 is 24.3 Å². The molecule has 0 aliphatic carbocycles. The number of hydrogen-bond donors (Lipinski definition) is 1. The zero-order chi connectivity index (χ0) is 23.9. The number of hydrogen-bond acceptors (Lipinski definition) is 6. The van der Waals surface area contributed by atoms with Crippen LogP contribution in [-0.4, -0.2) is 44.9 Å². The van der Waals surface area contributed by atoms with E-state index in [4.69, 9.17) is 18.9 Å². The fourth-order valence-corrected chi connectivity index (χ4v) is 5.75. The Morgan fingerprint density at radius 1 is 1.03 bits per heavy atom. The van der Waals surface area contributed by atoms with Gasteiger partial charge in [0.15, 0.2) is 23.0 Å². The summed E-state index contributed by atoms with van der Waals surface area (Å²) in [5, 5.41) is 3.20. The smallest absolute Gasteiger partial charge is 0.251 e. The van der Waals surface area contributed by atoms with E-state index in [1.54, 1.807) is 14.2 Å². The molecule has 35 heavy (non-hydrogen) atoms. The van der Waals surface area contributed by atoms with Gasteiger partial charge in [0.2, 0.25) is 6.79 Å². The second-order valence-electron chi connectivity index (χ2n) is 9.12. The molecule has 180 valence electrons. The molecular weight excluding hydrogens is 444 g/mol. The molecule has 0 bridgehead atoms. The summed E-state index contributed by atoms with van der Waals surface area (Å²) in [6, 6.07) is 17.8. The third kappa shape index (κ3) is 3.67. The molecule has 0 radical (unpaired) electrons. The molecule has 1 N–H and O–H groups in total. The number of benzene rings is 3. The van der Waals surface area contributed by atoms with Crippen molar-refractivity contribution >= 4 is 5.91 Å². The maximum Gasteiger partial charge on any atom is 0.251 e. The van der Waals surface area contributed by atoms with Crippen molar-refractivity contribution in [3.8, 4) is 23.0 Å². The van der Waals surface area contributed by atoms with E-state index in [1.807, 2.05) is 36.4 Å². The van der Waals surface area contributed by atoms with E-state index in [-0.39, 0.29) is 24.7 Å². The zero-order valence-corrected chi connectivity index (χ0v) is 19.9. The number of amides is 1. The van der Waals surface area contributed by atoms with Gasteiger partial charge in [-0.1, -0.05) is 24.3 Å². The number of nitrogens with zero attached hydrogens (tertiary/aromatic N) is 1. The summed E-state index contributed by atoms with van der Waals surface area (Å²) in [5.41, 5.74) is 5.45. The molecule has 0 saturated heterocycles. The van der Waals surface area contributed by atoms with E-state index in [0.717, 1.165) is 48.1 Å². The van der Waals surface area contributed by atoms with Gasteiger partial charge in [-0.25, -0.2) is 0 Å². The van der Waals surface area contributed by atoms with Crippen LogP contribution in [0.5, 0.6) is 23.0 Å². The molecule has 3 aliphatic heterocycles. The van der Waals surface area contributed by atoms with Gasteiger partial charge in [-0.15, -0.1) is 0 Å². The fraction of sp³-hybridized carbons (Fsp3) is 0.321. The van der Waals surface area contributed by atoms with Crippen LogP contribution in [0.2, 0.25) is 0 Å². The van der Waals surface area contributed by atoms with Gasteiger partial charge in [-0.2, -0.15) is 0 Å². The molecule has 7 heteroatoms. The zero-order valence-electron chi connectivity index (χ0n) is 19.9. The number of nitrogens with one attached hydrogen (secondary N) is 1. The van der Waals surface area contributed by atoms with Crippen LogP contribution in [0.4, 0.5) is 0 Å². The van der Waals surface area contributed by atoms with Crippen LogP contribution < -0.4 is 24.3 Å². The molecule has 2 atom stereocenters. The van der Waals surface area contributed by atoms with E-state index < -0.39 is 0 Å². The first-order valence-corrected chi connectivity index (χ1v) is 11.9. The maximum absolute atomic E-state index is 13.0. The quantitative estimate of drug-likeness (QED) is 0.604. The van der Waals surface area contributed by atoms with Crippen LogP contribution in [-0.2, 0) is 13.0 Å². The van der Waals surface area contributed by atoms with E-state index in [1.165, 1.54) is 16.7 Å². The Bertz CT molecular complexity index is 1280. The lowest BCUT2D eigenvalue weighted by molar-refractivity contribution is 0.0924. The van der Waals surface area contributed by atoms with E-state index in [9.17, 15) is 4.79 Å². The molecule has 3 aromatic carbocycles. The van der Waals surface area contributed by atoms with E-state index in [2.05, 4.69) is 28.4 Å². The summed E-state index contributed by atoms with van der Waals surface area (Å²) in [6.07, 6.45) is 0.924. The molecule has 2 unspecified atom stereocenters. The Morgan fingerprint density at radius 2 is 1.83 bits per heavy atom. The summed E-state index contributed by atoms with van der Waals surface area (Å²) >= 11 is 0. The van der Waals surface area contributed by atoms with Crippen molar-refractivity contribution in [2.45, 2.75) is 24.9 Å². The van der Waals surface area contributed by atoms with Crippen LogP contribution in [0.15, 0.2) is 54.6 Å². The first-order chi connectivity index (χ1) is 17.2. The topological polar surface area (TPSA) is 69.3 Å². The van der Waals surface area contributed by atoms with Crippen molar-refractivity contribution in [3.63, 3.8) is 0 Å². The Balaban J connectivity index is 1.42. The highest BCUT2D eigenvalue weighted by atomic mass is 16.7. The minimum Gasteiger partial charge on any atom is -0.493 e. The fourth-order valence-electron chi connectivity index (χ4n) is 5.75. The SMILES string of the molecule is COc1ccc2c(c1OC)CN1CCc3cc4c(cc3C1C2CNC(=O)c1ccccc1)OCO4. The third-order valence-corrected chi connectivity index (χ3v) is 7.36.